The SMILES string of the molecule is Cc1ccc(C)c(C(=O)Nc2ccc3oc(C)nc3c2)c1. The first-order valence-electron chi connectivity index (χ1n) is 6.79. The van der Waals surface area contributed by atoms with E-state index in [9.17, 15) is 4.79 Å². The van der Waals surface area contributed by atoms with Gasteiger partial charge in [-0.15, -0.1) is 0 Å². The van der Waals surface area contributed by atoms with E-state index in [1.165, 1.54) is 0 Å². The number of amides is 1. The lowest BCUT2D eigenvalue weighted by Crippen LogP contribution is -2.13. The van der Waals surface area contributed by atoms with Crippen LogP contribution < -0.4 is 5.32 Å². The number of nitrogens with zero attached hydrogens (tertiary/aromatic N) is 1. The van der Waals surface area contributed by atoms with Gasteiger partial charge in [0.05, 0.1) is 0 Å². The van der Waals surface area contributed by atoms with Crippen molar-refractivity contribution in [2.24, 2.45) is 0 Å². The highest BCUT2D eigenvalue weighted by Gasteiger charge is 2.11. The first-order valence-corrected chi connectivity index (χ1v) is 6.79. The van der Waals surface area contributed by atoms with Gasteiger partial charge in [-0.05, 0) is 43.7 Å². The third-order valence-corrected chi connectivity index (χ3v) is 3.39. The molecule has 0 radical (unpaired) electrons. The second-order valence-electron chi connectivity index (χ2n) is 5.19. The monoisotopic (exact) mass is 280 g/mol. The molecule has 1 amide bonds. The number of anilines is 1. The van der Waals surface area contributed by atoms with Crippen LogP contribution in [0.2, 0.25) is 0 Å². The summed E-state index contributed by atoms with van der Waals surface area (Å²) in [7, 11) is 0. The Morgan fingerprint density at radius 2 is 1.90 bits per heavy atom. The number of carbonyl (C=O) groups excluding carboxylic acids is 1. The molecule has 106 valence electrons. The van der Waals surface area contributed by atoms with Crippen LogP contribution in [0.15, 0.2) is 40.8 Å². The number of rotatable bonds is 2. The Morgan fingerprint density at radius 3 is 2.71 bits per heavy atom. The molecule has 0 aliphatic heterocycles. The van der Waals surface area contributed by atoms with E-state index in [2.05, 4.69) is 10.3 Å². The topological polar surface area (TPSA) is 55.1 Å². The normalized spacial score (nSPS) is 10.8. The van der Waals surface area contributed by atoms with Gasteiger partial charge < -0.3 is 9.73 Å². The molecule has 0 spiro atoms. The van der Waals surface area contributed by atoms with Crippen LogP contribution in [0.3, 0.4) is 0 Å². The standard InChI is InChI=1S/C17H16N2O2/c1-10-4-5-11(2)14(8-10)17(20)19-13-6-7-16-15(9-13)18-12(3)21-16/h4-9H,1-3H3,(H,19,20). The smallest absolute Gasteiger partial charge is 0.255 e. The van der Waals surface area contributed by atoms with E-state index >= 15 is 0 Å². The molecule has 0 atom stereocenters. The van der Waals surface area contributed by atoms with Crippen molar-refractivity contribution < 1.29 is 9.21 Å². The van der Waals surface area contributed by atoms with Crippen LogP contribution in [-0.2, 0) is 0 Å². The van der Waals surface area contributed by atoms with Crippen molar-refractivity contribution in [3.05, 3.63) is 59.0 Å². The Bertz CT molecular complexity index is 834. The van der Waals surface area contributed by atoms with Gasteiger partial charge in [0.15, 0.2) is 11.5 Å². The van der Waals surface area contributed by atoms with Crippen LogP contribution in [0.5, 0.6) is 0 Å². The molecule has 0 saturated heterocycles. The molecule has 0 fully saturated rings. The van der Waals surface area contributed by atoms with Crippen LogP contribution in [-0.4, -0.2) is 10.9 Å². The molecule has 2 aromatic carbocycles. The molecular weight excluding hydrogens is 264 g/mol. The number of carbonyl (C=O) groups is 1. The Labute approximate surface area is 122 Å². The molecule has 0 saturated carbocycles. The predicted molar refractivity (Wildman–Crippen MR) is 82.6 cm³/mol. The molecule has 1 aromatic heterocycles. The van der Waals surface area contributed by atoms with E-state index in [1.54, 1.807) is 6.92 Å². The first kappa shape index (κ1) is 13.4. The summed E-state index contributed by atoms with van der Waals surface area (Å²) in [5, 5.41) is 2.91. The molecule has 3 rings (SSSR count). The van der Waals surface area contributed by atoms with Crippen LogP contribution in [0, 0.1) is 20.8 Å². The summed E-state index contributed by atoms with van der Waals surface area (Å²) in [4.78, 5) is 16.6. The van der Waals surface area contributed by atoms with Crippen LogP contribution in [0.4, 0.5) is 5.69 Å². The summed E-state index contributed by atoms with van der Waals surface area (Å²) in [6, 6.07) is 11.3. The van der Waals surface area contributed by atoms with E-state index < -0.39 is 0 Å². The number of nitrogens with one attached hydrogen (secondary N) is 1. The van der Waals surface area contributed by atoms with Gasteiger partial charge in [-0.3, -0.25) is 4.79 Å². The van der Waals surface area contributed by atoms with Crippen molar-refractivity contribution in [1.29, 1.82) is 0 Å². The fraction of sp³-hybridized carbons (Fsp3) is 0.176. The highest BCUT2D eigenvalue weighted by atomic mass is 16.3. The van der Waals surface area contributed by atoms with Gasteiger partial charge in [0, 0.05) is 18.2 Å². The Balaban J connectivity index is 1.90. The zero-order chi connectivity index (χ0) is 15.0. The molecule has 1 N–H and O–H groups in total. The molecule has 1 heterocycles. The largest absolute Gasteiger partial charge is 0.441 e. The zero-order valence-corrected chi connectivity index (χ0v) is 12.2. The minimum Gasteiger partial charge on any atom is -0.441 e. The molecular formula is C17H16N2O2. The number of hydrogen-bond acceptors (Lipinski definition) is 3. The van der Waals surface area contributed by atoms with Crippen molar-refractivity contribution in [2.45, 2.75) is 20.8 Å². The number of oxazole rings is 1. The number of aryl methyl sites for hydroxylation is 3. The zero-order valence-electron chi connectivity index (χ0n) is 12.2. The highest BCUT2D eigenvalue weighted by Crippen LogP contribution is 2.21. The lowest BCUT2D eigenvalue weighted by atomic mass is 10.1. The quantitative estimate of drug-likeness (QED) is 0.771. The maximum Gasteiger partial charge on any atom is 0.255 e. The van der Waals surface area contributed by atoms with Gasteiger partial charge in [-0.1, -0.05) is 17.7 Å². The Kier molecular flexibility index (Phi) is 3.22. The second kappa shape index (κ2) is 5.05. The average molecular weight is 280 g/mol. The van der Waals surface area contributed by atoms with E-state index in [0.717, 1.165) is 22.2 Å². The van der Waals surface area contributed by atoms with Gasteiger partial charge in [0.25, 0.3) is 5.91 Å². The van der Waals surface area contributed by atoms with Crippen molar-refractivity contribution in [1.82, 2.24) is 4.98 Å². The second-order valence-corrected chi connectivity index (χ2v) is 5.19. The molecule has 3 aromatic rings. The van der Waals surface area contributed by atoms with Crippen LogP contribution in [0.1, 0.15) is 27.4 Å². The Hall–Kier alpha value is -2.62. The average Bonchev–Trinajstić information content (AvgIpc) is 2.80. The van der Waals surface area contributed by atoms with Crippen molar-refractivity contribution >= 4 is 22.7 Å². The first-order chi connectivity index (χ1) is 10.0. The van der Waals surface area contributed by atoms with Crippen molar-refractivity contribution in [2.75, 3.05) is 5.32 Å². The number of benzene rings is 2. The van der Waals surface area contributed by atoms with Gasteiger partial charge >= 0.3 is 0 Å². The molecule has 0 unspecified atom stereocenters. The fourth-order valence-electron chi connectivity index (χ4n) is 2.30. The minimum atomic E-state index is -0.115. The number of fused-ring (bicyclic) bond motifs is 1. The van der Waals surface area contributed by atoms with Crippen molar-refractivity contribution in [3.63, 3.8) is 0 Å². The van der Waals surface area contributed by atoms with E-state index in [1.807, 2.05) is 50.2 Å². The molecule has 4 nitrogen and oxygen atoms in total. The molecule has 0 aliphatic carbocycles. The Morgan fingerprint density at radius 1 is 1.10 bits per heavy atom. The molecule has 4 heteroatoms. The molecule has 0 aliphatic rings. The number of aromatic nitrogens is 1. The lowest BCUT2D eigenvalue weighted by Gasteiger charge is -2.08. The van der Waals surface area contributed by atoms with Gasteiger partial charge in [0.1, 0.15) is 5.52 Å². The maximum atomic E-state index is 12.4. The van der Waals surface area contributed by atoms with Gasteiger partial charge in [-0.25, -0.2) is 4.98 Å². The lowest BCUT2D eigenvalue weighted by molar-refractivity contribution is 0.102. The van der Waals surface area contributed by atoms with Crippen LogP contribution in [0.25, 0.3) is 11.1 Å². The van der Waals surface area contributed by atoms with Crippen molar-refractivity contribution in [3.8, 4) is 0 Å². The third kappa shape index (κ3) is 2.65. The maximum absolute atomic E-state index is 12.4. The summed E-state index contributed by atoms with van der Waals surface area (Å²) in [6.07, 6.45) is 0. The third-order valence-electron chi connectivity index (χ3n) is 3.39. The van der Waals surface area contributed by atoms with E-state index in [-0.39, 0.29) is 5.91 Å². The summed E-state index contributed by atoms with van der Waals surface area (Å²) in [6.45, 7) is 5.70. The summed E-state index contributed by atoms with van der Waals surface area (Å²) in [5.74, 6) is 0.499. The number of hydrogen-bond donors (Lipinski definition) is 1. The summed E-state index contributed by atoms with van der Waals surface area (Å²) in [5.41, 5.74) is 4.88. The molecule has 21 heavy (non-hydrogen) atoms. The summed E-state index contributed by atoms with van der Waals surface area (Å²) >= 11 is 0. The molecule has 0 bridgehead atoms. The van der Waals surface area contributed by atoms with Gasteiger partial charge in [0.2, 0.25) is 0 Å². The van der Waals surface area contributed by atoms with E-state index in [4.69, 9.17) is 4.42 Å². The highest BCUT2D eigenvalue weighted by molar-refractivity contribution is 6.06. The van der Waals surface area contributed by atoms with Gasteiger partial charge in [-0.2, -0.15) is 0 Å². The van der Waals surface area contributed by atoms with Crippen LogP contribution >= 0.6 is 0 Å². The minimum absolute atomic E-state index is 0.115. The fourth-order valence-corrected chi connectivity index (χ4v) is 2.30. The van der Waals surface area contributed by atoms with E-state index in [0.29, 0.717) is 17.1 Å². The summed E-state index contributed by atoms with van der Waals surface area (Å²) < 4.78 is 5.42. The predicted octanol–water partition coefficient (Wildman–Crippen LogP) is 4.01.